The third-order valence-corrected chi connectivity index (χ3v) is 8.59. The van der Waals surface area contributed by atoms with E-state index in [0.29, 0.717) is 66.7 Å². The zero-order valence-corrected chi connectivity index (χ0v) is 26.6. The molecule has 6 rings (SSSR count). The summed E-state index contributed by atoms with van der Waals surface area (Å²) in [7, 11) is 2.10. The monoisotopic (exact) mass is 645 g/mol. The number of aliphatic hydroxyl groups excluding tert-OH is 1. The predicted molar refractivity (Wildman–Crippen MR) is 171 cm³/mol. The number of oxazole rings is 1. The SMILES string of the molecule is CN1CCN(c2nc(NC3COC3)cc(C(=O)CC[C@H](O)CN3CCc4c(ccc(OCc5cnco5)c4Cl)C3)n2)CC1.S. The number of hydrogen-bond acceptors (Lipinski definition) is 12. The van der Waals surface area contributed by atoms with Crippen molar-refractivity contribution in [3.8, 4) is 5.75 Å². The molecule has 0 spiro atoms. The van der Waals surface area contributed by atoms with E-state index in [1.54, 1.807) is 12.3 Å². The van der Waals surface area contributed by atoms with Crippen molar-refractivity contribution in [3.05, 3.63) is 58.4 Å². The number of benzene rings is 1. The number of anilines is 2. The number of β-amino-alcohol motifs (C(OH)–C–C–N with tert-alkyl or cyclic N) is 1. The molecule has 12 nitrogen and oxygen atoms in total. The van der Waals surface area contributed by atoms with Crippen LogP contribution in [-0.2, 0) is 24.3 Å². The first-order valence-electron chi connectivity index (χ1n) is 14.8. The highest BCUT2D eigenvalue weighted by atomic mass is 35.5. The number of rotatable bonds is 12. The van der Waals surface area contributed by atoms with Crippen LogP contribution in [0.2, 0.25) is 5.02 Å². The number of ketones is 1. The van der Waals surface area contributed by atoms with Crippen molar-refractivity contribution in [2.45, 2.75) is 44.6 Å². The third-order valence-electron chi connectivity index (χ3n) is 8.18. The molecule has 3 aliphatic heterocycles. The Labute approximate surface area is 269 Å². The molecule has 2 N–H and O–H groups in total. The highest BCUT2D eigenvalue weighted by Crippen LogP contribution is 2.34. The molecule has 44 heavy (non-hydrogen) atoms. The summed E-state index contributed by atoms with van der Waals surface area (Å²) in [5, 5.41) is 14.9. The number of aromatic nitrogens is 3. The minimum atomic E-state index is -0.644. The van der Waals surface area contributed by atoms with Crippen LogP contribution in [0.3, 0.4) is 0 Å². The third kappa shape index (κ3) is 8.01. The van der Waals surface area contributed by atoms with Crippen molar-refractivity contribution < 1.29 is 23.8 Å². The first-order chi connectivity index (χ1) is 20.9. The molecular weight excluding hydrogens is 606 g/mol. The van der Waals surface area contributed by atoms with Crippen LogP contribution >= 0.6 is 25.1 Å². The second-order valence-electron chi connectivity index (χ2n) is 11.5. The van der Waals surface area contributed by atoms with Gasteiger partial charge in [0.15, 0.2) is 17.9 Å². The summed E-state index contributed by atoms with van der Waals surface area (Å²) >= 11 is 6.68. The van der Waals surface area contributed by atoms with Crippen molar-refractivity contribution >= 4 is 42.6 Å². The highest BCUT2D eigenvalue weighted by Gasteiger charge is 2.25. The zero-order chi connectivity index (χ0) is 29.8. The summed E-state index contributed by atoms with van der Waals surface area (Å²) in [5.41, 5.74) is 2.55. The molecular formula is C30H40ClN7O5S. The van der Waals surface area contributed by atoms with E-state index in [1.807, 2.05) is 12.1 Å². The van der Waals surface area contributed by atoms with Gasteiger partial charge in [0.1, 0.15) is 23.9 Å². The quantitative estimate of drug-likeness (QED) is 0.281. The van der Waals surface area contributed by atoms with Crippen LogP contribution in [0.25, 0.3) is 0 Å². The van der Waals surface area contributed by atoms with E-state index in [4.69, 9.17) is 30.5 Å². The lowest BCUT2D eigenvalue weighted by Crippen LogP contribution is -2.45. The number of nitrogens with one attached hydrogen (secondary N) is 1. The Morgan fingerprint density at radius 3 is 2.75 bits per heavy atom. The standard InChI is InChI=1S/C30H38ClN7O5.H2S/c1-36-8-10-38(11-9-36)30-34-25(12-28(35-30)33-21-16-41-17-21)26(40)4-3-22(39)15-37-7-6-24-20(14-37)2-5-27(29(24)31)42-18-23-13-32-19-43-23;/h2,5,12-13,19,21-22,39H,3-4,6-11,14-18H2,1H3,(H,33,34,35);1H2/t22-;/m0./s1. The number of likely N-dealkylation sites (N-methyl/N-ethyl adjacent to an activating group) is 1. The summed E-state index contributed by atoms with van der Waals surface area (Å²) in [6, 6.07) is 5.80. The number of halogens is 1. The van der Waals surface area contributed by atoms with Gasteiger partial charge in [-0.1, -0.05) is 17.7 Å². The van der Waals surface area contributed by atoms with Crippen LogP contribution in [0.1, 0.15) is 40.2 Å². The van der Waals surface area contributed by atoms with E-state index in [-0.39, 0.29) is 38.3 Å². The topological polar surface area (TPSA) is 129 Å². The molecule has 14 heteroatoms. The van der Waals surface area contributed by atoms with E-state index in [2.05, 4.69) is 37.0 Å². The maximum absolute atomic E-state index is 13.3. The Morgan fingerprint density at radius 1 is 1.20 bits per heavy atom. The van der Waals surface area contributed by atoms with Crippen molar-refractivity contribution in [2.75, 3.05) is 69.7 Å². The van der Waals surface area contributed by atoms with Crippen LogP contribution in [0.15, 0.2) is 35.2 Å². The first kappa shape index (κ1) is 32.5. The maximum Gasteiger partial charge on any atom is 0.228 e. The van der Waals surface area contributed by atoms with Gasteiger partial charge in [-0.05, 0) is 37.1 Å². The Morgan fingerprint density at radius 2 is 2.02 bits per heavy atom. The van der Waals surface area contributed by atoms with Gasteiger partial charge in [0.05, 0.1) is 36.6 Å². The summed E-state index contributed by atoms with van der Waals surface area (Å²) in [4.78, 5) is 33.1. The normalized spacial score (nSPS) is 18.2. The van der Waals surface area contributed by atoms with Crippen molar-refractivity contribution in [1.29, 1.82) is 0 Å². The molecule has 3 aromatic rings. The highest BCUT2D eigenvalue weighted by molar-refractivity contribution is 7.59. The molecule has 0 saturated carbocycles. The number of piperazine rings is 1. The molecule has 0 bridgehead atoms. The molecule has 0 unspecified atom stereocenters. The number of fused-ring (bicyclic) bond motifs is 1. The minimum Gasteiger partial charge on any atom is -0.484 e. The van der Waals surface area contributed by atoms with Gasteiger partial charge in [-0.25, -0.2) is 9.97 Å². The molecule has 2 fully saturated rings. The molecule has 0 amide bonds. The molecule has 2 saturated heterocycles. The largest absolute Gasteiger partial charge is 0.484 e. The number of ether oxygens (including phenoxy) is 2. The van der Waals surface area contributed by atoms with Crippen molar-refractivity contribution in [3.63, 3.8) is 0 Å². The van der Waals surface area contributed by atoms with Gasteiger partial charge in [0, 0.05) is 58.3 Å². The number of Topliss-reactive ketones (excluding diaryl/α,β-unsaturated/α-hetero) is 1. The minimum absolute atomic E-state index is 0. The average molecular weight is 646 g/mol. The van der Waals surface area contributed by atoms with Crippen molar-refractivity contribution in [1.82, 2.24) is 24.8 Å². The Bertz CT molecular complexity index is 1400. The van der Waals surface area contributed by atoms with Gasteiger partial charge in [-0.2, -0.15) is 18.5 Å². The number of carbonyl (C=O) groups is 1. The second kappa shape index (κ2) is 14.9. The molecule has 1 atom stereocenters. The van der Waals surface area contributed by atoms with E-state index < -0.39 is 6.10 Å². The molecule has 238 valence electrons. The van der Waals surface area contributed by atoms with Crippen LogP contribution in [-0.4, -0.2) is 107 Å². The number of carbonyl (C=O) groups excluding carboxylic acids is 1. The summed E-state index contributed by atoms with van der Waals surface area (Å²) in [5.74, 6) is 2.35. The van der Waals surface area contributed by atoms with Crippen LogP contribution in [0.4, 0.5) is 11.8 Å². The fourth-order valence-electron chi connectivity index (χ4n) is 5.52. The maximum atomic E-state index is 13.3. The van der Waals surface area contributed by atoms with Gasteiger partial charge >= 0.3 is 0 Å². The number of hydrogen-bond donors (Lipinski definition) is 2. The molecule has 1 aromatic carbocycles. The predicted octanol–water partition coefficient (Wildman–Crippen LogP) is 2.75. The molecule has 0 aliphatic carbocycles. The molecule has 0 radical (unpaired) electrons. The fraction of sp³-hybridized carbons (Fsp3) is 0.533. The van der Waals surface area contributed by atoms with Crippen molar-refractivity contribution in [2.24, 2.45) is 0 Å². The number of nitrogens with zero attached hydrogens (tertiary/aromatic N) is 6. The second-order valence-corrected chi connectivity index (χ2v) is 11.9. The average Bonchev–Trinajstić information content (AvgIpc) is 3.51. The van der Waals surface area contributed by atoms with Gasteiger partial charge in [0.25, 0.3) is 0 Å². The summed E-state index contributed by atoms with van der Waals surface area (Å²) in [6.45, 7) is 6.84. The van der Waals surface area contributed by atoms with Gasteiger partial charge in [0.2, 0.25) is 5.95 Å². The van der Waals surface area contributed by atoms with E-state index in [0.717, 1.165) is 50.3 Å². The van der Waals surface area contributed by atoms with Gasteiger partial charge in [-0.15, -0.1) is 0 Å². The first-order valence-corrected chi connectivity index (χ1v) is 15.2. The summed E-state index contributed by atoms with van der Waals surface area (Å²) in [6.07, 6.45) is 3.64. The zero-order valence-electron chi connectivity index (χ0n) is 24.9. The lowest BCUT2D eigenvalue weighted by atomic mass is 9.98. The van der Waals surface area contributed by atoms with Crippen LogP contribution in [0.5, 0.6) is 5.75 Å². The molecule has 3 aliphatic rings. The van der Waals surface area contributed by atoms with E-state index >= 15 is 0 Å². The fourth-order valence-corrected chi connectivity index (χ4v) is 5.85. The lowest BCUT2D eigenvalue weighted by Gasteiger charge is -2.33. The Hall–Kier alpha value is -2.94. The number of aliphatic hydroxyl groups is 1. The van der Waals surface area contributed by atoms with Gasteiger partial charge in [-0.3, -0.25) is 9.69 Å². The lowest BCUT2D eigenvalue weighted by molar-refractivity contribution is 0.0209. The Balaban J connectivity index is 0.00000384. The van der Waals surface area contributed by atoms with Gasteiger partial charge < -0.3 is 34.1 Å². The van der Waals surface area contributed by atoms with E-state index in [9.17, 15) is 9.90 Å². The van der Waals surface area contributed by atoms with E-state index in [1.165, 1.54) is 6.39 Å². The molecule has 2 aromatic heterocycles. The van der Waals surface area contributed by atoms with Crippen LogP contribution < -0.4 is 15.0 Å². The molecule has 5 heterocycles. The summed E-state index contributed by atoms with van der Waals surface area (Å²) < 4.78 is 16.4. The van der Waals surface area contributed by atoms with Crippen LogP contribution in [0, 0.1) is 0 Å². The smallest absolute Gasteiger partial charge is 0.228 e. The Kier molecular flexibility index (Phi) is 11.0.